The molecule has 0 amide bonds. The Morgan fingerprint density at radius 2 is 1.94 bits per heavy atom. The molecule has 0 aliphatic rings. The largest absolute Gasteiger partial charge is 0.478 e. The van der Waals surface area contributed by atoms with Crippen molar-refractivity contribution < 1.29 is 9.90 Å². The summed E-state index contributed by atoms with van der Waals surface area (Å²) >= 11 is 0. The van der Waals surface area contributed by atoms with Crippen molar-refractivity contribution in [2.45, 2.75) is 0 Å². The summed E-state index contributed by atoms with van der Waals surface area (Å²) in [7, 11) is 3.90. The Morgan fingerprint density at radius 3 is 2.61 bits per heavy atom. The van der Waals surface area contributed by atoms with E-state index in [9.17, 15) is 4.79 Å². The van der Waals surface area contributed by atoms with Crippen LogP contribution in [0.5, 0.6) is 0 Å². The van der Waals surface area contributed by atoms with E-state index in [4.69, 9.17) is 5.11 Å². The summed E-state index contributed by atoms with van der Waals surface area (Å²) in [5, 5.41) is 8.98. The van der Waals surface area contributed by atoms with Gasteiger partial charge in [-0.1, -0.05) is 18.2 Å². The number of para-hydroxylation sites is 1. The monoisotopic (exact) mass is 242 g/mol. The standard InChI is InChI=1S/C14H14N2O2/c1-16(2)13-6-4-3-5-12(13)10-7-11(14(17)18)9-15-8-10/h3-9H,1-2H3,(H,17,18). The van der Waals surface area contributed by atoms with Crippen LogP contribution in [0.1, 0.15) is 10.4 Å². The Kier molecular flexibility index (Phi) is 3.28. The molecule has 0 aliphatic heterocycles. The number of carboxylic acid groups (broad SMARTS) is 1. The fraction of sp³-hybridized carbons (Fsp3) is 0.143. The molecule has 1 aromatic carbocycles. The number of aromatic carboxylic acids is 1. The van der Waals surface area contributed by atoms with Crippen molar-refractivity contribution in [1.82, 2.24) is 4.98 Å². The third-order valence-electron chi connectivity index (χ3n) is 2.68. The van der Waals surface area contributed by atoms with Crippen molar-refractivity contribution >= 4 is 11.7 Å². The van der Waals surface area contributed by atoms with Crippen molar-refractivity contribution in [3.8, 4) is 11.1 Å². The van der Waals surface area contributed by atoms with Crippen LogP contribution < -0.4 is 4.90 Å². The van der Waals surface area contributed by atoms with E-state index in [0.29, 0.717) is 0 Å². The molecule has 0 aliphatic carbocycles. The molecule has 1 heterocycles. The molecule has 0 radical (unpaired) electrons. The Balaban J connectivity index is 2.55. The molecule has 4 nitrogen and oxygen atoms in total. The van der Waals surface area contributed by atoms with Crippen LogP contribution >= 0.6 is 0 Å². The van der Waals surface area contributed by atoms with E-state index in [1.165, 1.54) is 6.20 Å². The minimum absolute atomic E-state index is 0.195. The van der Waals surface area contributed by atoms with Gasteiger partial charge in [-0.2, -0.15) is 0 Å². The molecular weight excluding hydrogens is 228 g/mol. The zero-order chi connectivity index (χ0) is 13.1. The van der Waals surface area contributed by atoms with E-state index in [1.54, 1.807) is 12.3 Å². The molecule has 0 atom stereocenters. The Bertz CT molecular complexity index is 580. The SMILES string of the molecule is CN(C)c1ccccc1-c1cncc(C(=O)O)c1. The summed E-state index contributed by atoms with van der Waals surface area (Å²) in [6, 6.07) is 9.46. The van der Waals surface area contributed by atoms with Crippen LogP contribution in [0.25, 0.3) is 11.1 Å². The Morgan fingerprint density at radius 1 is 1.22 bits per heavy atom. The van der Waals surface area contributed by atoms with Gasteiger partial charge in [-0.3, -0.25) is 4.98 Å². The van der Waals surface area contributed by atoms with Gasteiger partial charge >= 0.3 is 5.97 Å². The highest BCUT2D eigenvalue weighted by Gasteiger charge is 2.09. The lowest BCUT2D eigenvalue weighted by Gasteiger charge is -2.17. The Labute approximate surface area is 106 Å². The molecule has 18 heavy (non-hydrogen) atoms. The number of hydrogen-bond donors (Lipinski definition) is 1. The van der Waals surface area contributed by atoms with Crippen LogP contribution in [0.15, 0.2) is 42.7 Å². The number of carbonyl (C=O) groups is 1. The van der Waals surface area contributed by atoms with Gasteiger partial charge in [0.05, 0.1) is 5.56 Å². The molecule has 1 N–H and O–H groups in total. The molecule has 2 rings (SSSR count). The summed E-state index contributed by atoms with van der Waals surface area (Å²) in [4.78, 5) is 16.9. The lowest BCUT2D eigenvalue weighted by Crippen LogP contribution is -2.10. The molecule has 4 heteroatoms. The van der Waals surface area contributed by atoms with Crippen LogP contribution in [0, 0.1) is 0 Å². The lowest BCUT2D eigenvalue weighted by atomic mass is 10.0. The average molecular weight is 242 g/mol. The van der Waals surface area contributed by atoms with Crippen LogP contribution in [0.4, 0.5) is 5.69 Å². The molecule has 1 aromatic heterocycles. The quantitative estimate of drug-likeness (QED) is 0.898. The van der Waals surface area contributed by atoms with Gasteiger partial charge in [-0.15, -0.1) is 0 Å². The number of anilines is 1. The number of pyridine rings is 1. The molecule has 0 saturated heterocycles. The maximum Gasteiger partial charge on any atom is 0.337 e. The minimum Gasteiger partial charge on any atom is -0.478 e. The summed E-state index contributed by atoms with van der Waals surface area (Å²) in [6.07, 6.45) is 3.03. The maximum absolute atomic E-state index is 11.0. The first-order valence-corrected chi connectivity index (χ1v) is 5.54. The van der Waals surface area contributed by atoms with Gasteiger partial charge in [0.25, 0.3) is 0 Å². The highest BCUT2D eigenvalue weighted by atomic mass is 16.4. The van der Waals surface area contributed by atoms with Crippen LogP contribution in [0.3, 0.4) is 0 Å². The zero-order valence-corrected chi connectivity index (χ0v) is 10.3. The summed E-state index contributed by atoms with van der Waals surface area (Å²) in [5.74, 6) is -0.966. The van der Waals surface area contributed by atoms with Gasteiger partial charge in [-0.05, 0) is 12.1 Å². The lowest BCUT2D eigenvalue weighted by molar-refractivity contribution is 0.0696. The molecule has 0 fully saturated rings. The van der Waals surface area contributed by atoms with Gasteiger partial charge in [0.15, 0.2) is 0 Å². The highest BCUT2D eigenvalue weighted by Crippen LogP contribution is 2.29. The smallest absolute Gasteiger partial charge is 0.337 e. The average Bonchev–Trinajstić information content (AvgIpc) is 2.39. The number of nitrogens with zero attached hydrogens (tertiary/aromatic N) is 2. The van der Waals surface area contributed by atoms with Crippen molar-refractivity contribution in [2.24, 2.45) is 0 Å². The zero-order valence-electron chi connectivity index (χ0n) is 10.3. The van der Waals surface area contributed by atoms with Crippen LogP contribution in [-0.4, -0.2) is 30.2 Å². The second-order valence-electron chi connectivity index (χ2n) is 4.18. The summed E-state index contributed by atoms with van der Waals surface area (Å²) in [6.45, 7) is 0. The van der Waals surface area contributed by atoms with Gasteiger partial charge in [0.1, 0.15) is 0 Å². The first-order chi connectivity index (χ1) is 8.59. The van der Waals surface area contributed by atoms with Gasteiger partial charge < -0.3 is 10.0 Å². The van der Waals surface area contributed by atoms with E-state index in [2.05, 4.69) is 4.98 Å². The third kappa shape index (κ3) is 2.32. The first kappa shape index (κ1) is 12.1. The van der Waals surface area contributed by atoms with Crippen molar-refractivity contribution in [1.29, 1.82) is 0 Å². The molecule has 2 aromatic rings. The maximum atomic E-state index is 11.0. The van der Waals surface area contributed by atoms with E-state index in [-0.39, 0.29) is 5.56 Å². The van der Waals surface area contributed by atoms with Crippen molar-refractivity contribution in [3.63, 3.8) is 0 Å². The van der Waals surface area contributed by atoms with Crippen LogP contribution in [0.2, 0.25) is 0 Å². The molecule has 0 bridgehead atoms. The normalized spacial score (nSPS) is 10.1. The van der Waals surface area contributed by atoms with E-state index in [1.807, 2.05) is 43.3 Å². The second kappa shape index (κ2) is 4.87. The molecule has 92 valence electrons. The molecule has 0 spiro atoms. The van der Waals surface area contributed by atoms with Crippen LogP contribution in [-0.2, 0) is 0 Å². The second-order valence-corrected chi connectivity index (χ2v) is 4.18. The fourth-order valence-electron chi connectivity index (χ4n) is 1.81. The van der Waals surface area contributed by atoms with Crippen molar-refractivity contribution in [3.05, 3.63) is 48.3 Å². The predicted molar refractivity (Wildman–Crippen MR) is 71.0 cm³/mol. The predicted octanol–water partition coefficient (Wildman–Crippen LogP) is 2.51. The van der Waals surface area contributed by atoms with Gasteiger partial charge in [0.2, 0.25) is 0 Å². The molecular formula is C14H14N2O2. The molecule has 0 unspecified atom stereocenters. The number of carboxylic acids is 1. The number of benzene rings is 1. The number of hydrogen-bond acceptors (Lipinski definition) is 3. The third-order valence-corrected chi connectivity index (χ3v) is 2.68. The topological polar surface area (TPSA) is 53.4 Å². The van der Waals surface area contributed by atoms with E-state index < -0.39 is 5.97 Å². The van der Waals surface area contributed by atoms with Gasteiger partial charge in [0, 0.05) is 43.3 Å². The summed E-state index contributed by atoms with van der Waals surface area (Å²) in [5.41, 5.74) is 3.00. The fourth-order valence-corrected chi connectivity index (χ4v) is 1.81. The minimum atomic E-state index is -0.966. The van der Waals surface area contributed by atoms with Gasteiger partial charge in [-0.25, -0.2) is 4.79 Å². The first-order valence-electron chi connectivity index (χ1n) is 5.54. The number of rotatable bonds is 3. The Hall–Kier alpha value is -2.36. The number of aromatic nitrogens is 1. The van der Waals surface area contributed by atoms with E-state index in [0.717, 1.165) is 16.8 Å². The van der Waals surface area contributed by atoms with Crippen molar-refractivity contribution in [2.75, 3.05) is 19.0 Å². The summed E-state index contributed by atoms with van der Waals surface area (Å²) < 4.78 is 0. The molecule has 0 saturated carbocycles. The highest BCUT2D eigenvalue weighted by molar-refractivity contribution is 5.90. The van der Waals surface area contributed by atoms with E-state index >= 15 is 0 Å².